The van der Waals surface area contributed by atoms with Crippen molar-refractivity contribution in [2.45, 2.75) is 32.4 Å². The van der Waals surface area contributed by atoms with Gasteiger partial charge in [-0.05, 0) is 37.8 Å². The predicted octanol–water partition coefficient (Wildman–Crippen LogP) is 3.30. The number of carbonyl (C=O) groups is 3. The Kier molecular flexibility index (Phi) is 6.77. The Morgan fingerprint density at radius 3 is 2.17 bits per heavy atom. The van der Waals surface area contributed by atoms with Gasteiger partial charge in [0.1, 0.15) is 11.6 Å². The van der Waals surface area contributed by atoms with E-state index in [0.29, 0.717) is 31.1 Å². The molecular weight excluding hydrogens is 402 g/mol. The van der Waals surface area contributed by atoms with Gasteiger partial charge in [0.05, 0.1) is 4.88 Å². The quantitative estimate of drug-likeness (QED) is 0.809. The van der Waals surface area contributed by atoms with Crippen LogP contribution in [0.5, 0.6) is 0 Å². The number of benzene rings is 1. The first-order valence-corrected chi connectivity index (χ1v) is 10.8. The number of hydrogen-bond acceptors (Lipinski definition) is 5. The highest BCUT2D eigenvalue weighted by atomic mass is 32.1. The maximum atomic E-state index is 13.3. The number of piperazine rings is 1. The molecule has 1 fully saturated rings. The van der Waals surface area contributed by atoms with Crippen LogP contribution in [0.4, 0.5) is 4.79 Å². The second-order valence-corrected chi connectivity index (χ2v) is 9.03. The molecule has 8 heteroatoms. The van der Waals surface area contributed by atoms with E-state index in [1.54, 1.807) is 21.9 Å². The number of thiophene rings is 1. The lowest BCUT2D eigenvalue weighted by Gasteiger charge is -2.37. The standard InChI is InChI=1S/C22H27N3O4S/c1-22(2,3)29-21(28)25-13-11-24(12-14-25)20(27)18(16-8-5-4-6-9-16)23-19(26)17-10-7-15-30-17/h4-10,15,18H,11-14H2,1-3H3,(H,23,26). The first kappa shape index (κ1) is 21.8. The summed E-state index contributed by atoms with van der Waals surface area (Å²) in [5.41, 5.74) is 0.163. The van der Waals surface area contributed by atoms with Crippen molar-refractivity contribution in [2.24, 2.45) is 0 Å². The molecular formula is C22H27N3O4S. The Morgan fingerprint density at radius 2 is 1.60 bits per heavy atom. The molecule has 1 aromatic heterocycles. The van der Waals surface area contributed by atoms with Crippen molar-refractivity contribution in [1.82, 2.24) is 15.1 Å². The normalized spacial score (nSPS) is 15.4. The fraction of sp³-hybridized carbons (Fsp3) is 0.409. The van der Waals surface area contributed by atoms with Crippen molar-refractivity contribution in [3.63, 3.8) is 0 Å². The summed E-state index contributed by atoms with van der Waals surface area (Å²) in [4.78, 5) is 42.0. The van der Waals surface area contributed by atoms with Crippen LogP contribution in [-0.2, 0) is 9.53 Å². The van der Waals surface area contributed by atoms with Gasteiger partial charge in [-0.2, -0.15) is 0 Å². The van der Waals surface area contributed by atoms with Gasteiger partial charge in [0.2, 0.25) is 5.91 Å². The van der Waals surface area contributed by atoms with Crippen LogP contribution in [0.3, 0.4) is 0 Å². The Labute approximate surface area is 180 Å². The molecule has 3 amide bonds. The molecule has 3 rings (SSSR count). The summed E-state index contributed by atoms with van der Waals surface area (Å²) in [7, 11) is 0. The van der Waals surface area contributed by atoms with Crippen molar-refractivity contribution in [1.29, 1.82) is 0 Å². The van der Waals surface area contributed by atoms with Crippen LogP contribution in [0.2, 0.25) is 0 Å². The minimum absolute atomic E-state index is 0.185. The maximum Gasteiger partial charge on any atom is 0.410 e. The van der Waals surface area contributed by atoms with Crippen LogP contribution in [0, 0.1) is 0 Å². The Balaban J connectivity index is 1.68. The second kappa shape index (κ2) is 9.30. The van der Waals surface area contributed by atoms with Crippen molar-refractivity contribution in [3.8, 4) is 0 Å². The smallest absolute Gasteiger partial charge is 0.410 e. The van der Waals surface area contributed by atoms with E-state index in [4.69, 9.17) is 4.74 Å². The summed E-state index contributed by atoms with van der Waals surface area (Å²) >= 11 is 1.33. The van der Waals surface area contributed by atoms with E-state index in [-0.39, 0.29) is 17.9 Å². The number of carbonyl (C=O) groups excluding carboxylic acids is 3. The van der Waals surface area contributed by atoms with Gasteiger partial charge in [0.15, 0.2) is 0 Å². The van der Waals surface area contributed by atoms with E-state index in [1.807, 2.05) is 56.5 Å². The molecule has 1 aliphatic rings. The number of nitrogens with one attached hydrogen (secondary N) is 1. The summed E-state index contributed by atoms with van der Waals surface area (Å²) in [6, 6.07) is 11.9. The lowest BCUT2D eigenvalue weighted by molar-refractivity contribution is -0.135. The van der Waals surface area contributed by atoms with E-state index in [0.717, 1.165) is 5.56 Å². The number of ether oxygens (including phenoxy) is 1. The van der Waals surface area contributed by atoms with Gasteiger partial charge in [-0.25, -0.2) is 4.79 Å². The molecule has 0 aliphatic carbocycles. The molecule has 2 heterocycles. The molecule has 1 aliphatic heterocycles. The van der Waals surface area contributed by atoms with Crippen LogP contribution in [-0.4, -0.2) is 59.5 Å². The minimum atomic E-state index is -0.783. The van der Waals surface area contributed by atoms with Crippen LogP contribution < -0.4 is 5.32 Å². The first-order valence-electron chi connectivity index (χ1n) is 9.90. The molecule has 160 valence electrons. The highest BCUT2D eigenvalue weighted by molar-refractivity contribution is 7.12. The monoisotopic (exact) mass is 429 g/mol. The zero-order valence-electron chi connectivity index (χ0n) is 17.5. The van der Waals surface area contributed by atoms with Gasteiger partial charge in [-0.3, -0.25) is 9.59 Å². The summed E-state index contributed by atoms with van der Waals surface area (Å²) in [5, 5.41) is 4.70. The topological polar surface area (TPSA) is 79.0 Å². The zero-order chi connectivity index (χ0) is 21.7. The van der Waals surface area contributed by atoms with Gasteiger partial charge < -0.3 is 19.9 Å². The summed E-state index contributed by atoms with van der Waals surface area (Å²) in [6.45, 7) is 7.02. The van der Waals surface area contributed by atoms with E-state index in [9.17, 15) is 14.4 Å². The van der Waals surface area contributed by atoms with E-state index < -0.39 is 11.6 Å². The van der Waals surface area contributed by atoms with E-state index in [2.05, 4.69) is 5.32 Å². The Hall–Kier alpha value is -2.87. The van der Waals surface area contributed by atoms with Crippen LogP contribution in [0.15, 0.2) is 47.8 Å². The zero-order valence-corrected chi connectivity index (χ0v) is 18.3. The molecule has 2 aromatic rings. The minimum Gasteiger partial charge on any atom is -0.444 e. The third-order valence-corrected chi connectivity index (χ3v) is 5.51. The summed E-state index contributed by atoms with van der Waals surface area (Å²) in [5.74, 6) is -0.463. The molecule has 7 nitrogen and oxygen atoms in total. The second-order valence-electron chi connectivity index (χ2n) is 8.09. The number of nitrogens with zero attached hydrogens (tertiary/aromatic N) is 2. The molecule has 0 bridgehead atoms. The van der Waals surface area contributed by atoms with Gasteiger partial charge in [0, 0.05) is 26.2 Å². The van der Waals surface area contributed by atoms with Crippen LogP contribution >= 0.6 is 11.3 Å². The molecule has 1 saturated heterocycles. The summed E-state index contributed by atoms with van der Waals surface area (Å²) in [6.07, 6.45) is -0.375. The molecule has 0 radical (unpaired) electrons. The average Bonchev–Trinajstić information content (AvgIpc) is 3.26. The lowest BCUT2D eigenvalue weighted by Crippen LogP contribution is -2.54. The molecule has 0 saturated carbocycles. The SMILES string of the molecule is CC(C)(C)OC(=O)N1CCN(C(=O)C(NC(=O)c2cccs2)c2ccccc2)CC1. The first-order chi connectivity index (χ1) is 14.2. The highest BCUT2D eigenvalue weighted by Crippen LogP contribution is 2.20. The van der Waals surface area contributed by atoms with Gasteiger partial charge in [-0.1, -0.05) is 36.4 Å². The van der Waals surface area contributed by atoms with E-state index in [1.165, 1.54) is 11.3 Å². The molecule has 1 unspecified atom stereocenters. The van der Waals surface area contributed by atoms with Crippen molar-refractivity contribution < 1.29 is 19.1 Å². The average molecular weight is 430 g/mol. The number of hydrogen-bond donors (Lipinski definition) is 1. The van der Waals surface area contributed by atoms with Gasteiger partial charge >= 0.3 is 6.09 Å². The number of rotatable bonds is 4. The molecule has 1 aromatic carbocycles. The van der Waals surface area contributed by atoms with Crippen LogP contribution in [0.25, 0.3) is 0 Å². The third kappa shape index (κ3) is 5.60. The maximum absolute atomic E-state index is 13.3. The molecule has 0 spiro atoms. The van der Waals surface area contributed by atoms with Gasteiger partial charge in [0.25, 0.3) is 5.91 Å². The Morgan fingerprint density at radius 1 is 0.967 bits per heavy atom. The van der Waals surface area contributed by atoms with E-state index >= 15 is 0 Å². The fourth-order valence-electron chi connectivity index (χ4n) is 3.16. The Bertz CT molecular complexity index is 870. The largest absolute Gasteiger partial charge is 0.444 e. The third-order valence-electron chi connectivity index (χ3n) is 4.64. The molecule has 1 N–H and O–H groups in total. The summed E-state index contributed by atoms with van der Waals surface area (Å²) < 4.78 is 5.41. The van der Waals surface area contributed by atoms with Crippen LogP contribution in [0.1, 0.15) is 42.0 Å². The molecule has 30 heavy (non-hydrogen) atoms. The van der Waals surface area contributed by atoms with Crippen molar-refractivity contribution in [3.05, 3.63) is 58.3 Å². The molecule has 1 atom stereocenters. The fourth-order valence-corrected chi connectivity index (χ4v) is 3.79. The highest BCUT2D eigenvalue weighted by Gasteiger charge is 2.32. The predicted molar refractivity (Wildman–Crippen MR) is 115 cm³/mol. The number of amides is 3. The van der Waals surface area contributed by atoms with Crippen molar-refractivity contribution >= 4 is 29.2 Å². The lowest BCUT2D eigenvalue weighted by atomic mass is 10.0. The van der Waals surface area contributed by atoms with Gasteiger partial charge in [-0.15, -0.1) is 11.3 Å². The van der Waals surface area contributed by atoms with Crippen molar-refractivity contribution in [2.75, 3.05) is 26.2 Å².